The number of halogens is 2. The van der Waals surface area contributed by atoms with Gasteiger partial charge >= 0.3 is 0 Å². The van der Waals surface area contributed by atoms with Crippen molar-refractivity contribution >= 4 is 49.8 Å². The van der Waals surface area contributed by atoms with E-state index >= 15 is 0 Å². The molecular formula is C21H16ClFN2O2S. The molecule has 28 heavy (non-hydrogen) atoms. The Morgan fingerprint density at radius 2 is 1.96 bits per heavy atom. The van der Waals surface area contributed by atoms with Gasteiger partial charge in [-0.05, 0) is 36.8 Å². The van der Waals surface area contributed by atoms with Gasteiger partial charge in [-0.1, -0.05) is 35.9 Å². The lowest BCUT2D eigenvalue weighted by molar-refractivity contribution is 0.0955. The van der Waals surface area contributed by atoms with Gasteiger partial charge in [0.05, 0.1) is 15.8 Å². The Morgan fingerprint density at radius 1 is 1.18 bits per heavy atom. The third-order valence-corrected chi connectivity index (χ3v) is 6.16. The number of thiophene rings is 1. The molecule has 0 spiro atoms. The van der Waals surface area contributed by atoms with E-state index in [-0.39, 0.29) is 23.0 Å². The minimum absolute atomic E-state index is 0.104. The molecule has 0 saturated carbocycles. The van der Waals surface area contributed by atoms with Crippen LogP contribution in [0.25, 0.3) is 21.0 Å². The first-order chi connectivity index (χ1) is 13.5. The highest BCUT2D eigenvalue weighted by molar-refractivity contribution is 7.21. The average Bonchev–Trinajstić information content (AvgIpc) is 3.14. The third kappa shape index (κ3) is 3.19. The van der Waals surface area contributed by atoms with Crippen LogP contribution in [0.3, 0.4) is 0 Å². The van der Waals surface area contributed by atoms with Crippen molar-refractivity contribution in [1.82, 2.24) is 9.88 Å². The SMILES string of the molecule is CCn1c(=O)c2cc(C(=O)NCc3ccc(F)cc3Cl)sc2c2ccccc21. The van der Waals surface area contributed by atoms with Crippen molar-refractivity contribution in [1.29, 1.82) is 0 Å². The predicted octanol–water partition coefficient (Wildman–Crippen LogP) is 4.96. The van der Waals surface area contributed by atoms with Gasteiger partial charge in [0, 0.05) is 28.2 Å². The van der Waals surface area contributed by atoms with Crippen molar-refractivity contribution in [2.45, 2.75) is 20.0 Å². The van der Waals surface area contributed by atoms with Crippen molar-refractivity contribution in [2.24, 2.45) is 0 Å². The summed E-state index contributed by atoms with van der Waals surface area (Å²) in [4.78, 5) is 25.9. The highest BCUT2D eigenvalue weighted by Gasteiger charge is 2.17. The highest BCUT2D eigenvalue weighted by Crippen LogP contribution is 2.30. The maximum absolute atomic E-state index is 13.2. The van der Waals surface area contributed by atoms with E-state index in [1.165, 1.54) is 29.5 Å². The fraction of sp³-hybridized carbons (Fsp3) is 0.143. The summed E-state index contributed by atoms with van der Waals surface area (Å²) < 4.78 is 15.7. The van der Waals surface area contributed by atoms with E-state index in [9.17, 15) is 14.0 Å². The molecule has 1 N–H and O–H groups in total. The van der Waals surface area contributed by atoms with Crippen LogP contribution in [0, 0.1) is 5.82 Å². The molecule has 2 aromatic heterocycles. The van der Waals surface area contributed by atoms with Gasteiger partial charge in [-0.15, -0.1) is 11.3 Å². The summed E-state index contributed by atoms with van der Waals surface area (Å²) in [7, 11) is 0. The van der Waals surface area contributed by atoms with Crippen LogP contribution in [0.5, 0.6) is 0 Å². The van der Waals surface area contributed by atoms with E-state index in [4.69, 9.17) is 11.6 Å². The number of carbonyl (C=O) groups is 1. The number of hydrogen-bond acceptors (Lipinski definition) is 3. The minimum atomic E-state index is -0.427. The average molecular weight is 415 g/mol. The second kappa shape index (κ2) is 7.37. The van der Waals surface area contributed by atoms with Crippen molar-refractivity contribution in [3.05, 3.63) is 80.2 Å². The standard InChI is InChI=1S/C21H16ClFN2O2S/c1-2-25-17-6-4-3-5-14(17)19-15(21(25)27)10-18(28-19)20(26)24-11-12-7-8-13(23)9-16(12)22/h3-10H,2,11H2,1H3,(H,24,26). The van der Waals surface area contributed by atoms with Crippen LogP contribution in [-0.2, 0) is 13.1 Å². The molecular weight excluding hydrogens is 399 g/mol. The Bertz CT molecular complexity index is 1280. The van der Waals surface area contributed by atoms with Gasteiger partial charge in [-0.2, -0.15) is 0 Å². The first-order valence-corrected chi connectivity index (χ1v) is 9.96. The molecule has 4 nitrogen and oxygen atoms in total. The van der Waals surface area contributed by atoms with Crippen LogP contribution in [-0.4, -0.2) is 10.5 Å². The Hall–Kier alpha value is -2.70. The minimum Gasteiger partial charge on any atom is -0.347 e. The lowest BCUT2D eigenvalue weighted by Gasteiger charge is -2.08. The number of aromatic nitrogens is 1. The van der Waals surface area contributed by atoms with E-state index in [0.717, 1.165) is 15.6 Å². The number of carbonyl (C=O) groups excluding carboxylic acids is 1. The largest absolute Gasteiger partial charge is 0.347 e. The Balaban J connectivity index is 1.71. The quantitative estimate of drug-likeness (QED) is 0.513. The second-order valence-electron chi connectivity index (χ2n) is 6.34. The maximum Gasteiger partial charge on any atom is 0.261 e. The molecule has 2 heterocycles. The fourth-order valence-corrected chi connectivity index (χ4v) is 4.59. The molecule has 0 aliphatic carbocycles. The van der Waals surface area contributed by atoms with Gasteiger partial charge in [0.15, 0.2) is 0 Å². The van der Waals surface area contributed by atoms with Gasteiger partial charge in [-0.25, -0.2) is 4.39 Å². The zero-order valence-corrected chi connectivity index (χ0v) is 16.5. The summed E-state index contributed by atoms with van der Waals surface area (Å²) in [5.74, 6) is -0.725. The summed E-state index contributed by atoms with van der Waals surface area (Å²) >= 11 is 7.30. The molecule has 1 amide bonds. The molecule has 7 heteroatoms. The first kappa shape index (κ1) is 18.7. The maximum atomic E-state index is 13.2. The number of fused-ring (bicyclic) bond motifs is 3. The number of aryl methyl sites for hydroxylation is 1. The summed E-state index contributed by atoms with van der Waals surface area (Å²) in [5.41, 5.74) is 1.37. The van der Waals surface area contributed by atoms with Crippen LogP contribution in [0.15, 0.2) is 53.3 Å². The molecule has 0 radical (unpaired) electrons. The molecule has 0 fully saturated rings. The highest BCUT2D eigenvalue weighted by atomic mass is 35.5. The molecule has 4 rings (SSSR count). The van der Waals surface area contributed by atoms with E-state index in [1.54, 1.807) is 10.6 Å². The van der Waals surface area contributed by atoms with Gasteiger partial charge in [0.2, 0.25) is 0 Å². The number of para-hydroxylation sites is 1. The number of rotatable bonds is 4. The molecule has 142 valence electrons. The molecule has 0 aliphatic heterocycles. The Morgan fingerprint density at radius 3 is 2.71 bits per heavy atom. The third-order valence-electron chi connectivity index (χ3n) is 4.64. The molecule has 0 unspecified atom stereocenters. The zero-order chi connectivity index (χ0) is 19.8. The first-order valence-electron chi connectivity index (χ1n) is 8.76. The summed E-state index contributed by atoms with van der Waals surface area (Å²) in [6.07, 6.45) is 0. The molecule has 0 saturated heterocycles. The van der Waals surface area contributed by atoms with Crippen LogP contribution < -0.4 is 10.9 Å². The van der Waals surface area contributed by atoms with Crippen molar-refractivity contribution in [3.8, 4) is 0 Å². The number of amides is 1. The number of pyridine rings is 1. The monoisotopic (exact) mass is 414 g/mol. The van der Waals surface area contributed by atoms with Crippen LogP contribution in [0.1, 0.15) is 22.2 Å². The van der Waals surface area contributed by atoms with Crippen LogP contribution >= 0.6 is 22.9 Å². The van der Waals surface area contributed by atoms with Gasteiger partial charge in [0.1, 0.15) is 5.82 Å². The Kier molecular flexibility index (Phi) is 4.91. The molecule has 0 aliphatic rings. The molecule has 0 bridgehead atoms. The molecule has 4 aromatic rings. The van der Waals surface area contributed by atoms with Crippen LogP contribution in [0.4, 0.5) is 4.39 Å². The zero-order valence-electron chi connectivity index (χ0n) is 15.0. The van der Waals surface area contributed by atoms with Gasteiger partial charge in [0.25, 0.3) is 11.5 Å². The van der Waals surface area contributed by atoms with Crippen molar-refractivity contribution < 1.29 is 9.18 Å². The Labute approximate surface area is 169 Å². The number of nitrogens with zero attached hydrogens (tertiary/aromatic N) is 1. The summed E-state index contributed by atoms with van der Waals surface area (Å²) in [5, 5.41) is 4.53. The van der Waals surface area contributed by atoms with E-state index in [2.05, 4.69) is 5.32 Å². The fourth-order valence-electron chi connectivity index (χ4n) is 3.26. The van der Waals surface area contributed by atoms with Gasteiger partial charge in [-0.3, -0.25) is 9.59 Å². The number of benzene rings is 2. The molecule has 2 aromatic carbocycles. The van der Waals surface area contributed by atoms with E-state index in [1.807, 2.05) is 31.2 Å². The number of nitrogens with one attached hydrogen (secondary N) is 1. The topological polar surface area (TPSA) is 51.1 Å². The normalized spacial score (nSPS) is 11.2. The smallest absolute Gasteiger partial charge is 0.261 e. The number of hydrogen-bond donors (Lipinski definition) is 1. The summed E-state index contributed by atoms with van der Waals surface area (Å²) in [6, 6.07) is 13.4. The molecule has 0 atom stereocenters. The van der Waals surface area contributed by atoms with Crippen molar-refractivity contribution in [2.75, 3.05) is 0 Å². The van der Waals surface area contributed by atoms with Crippen LogP contribution in [0.2, 0.25) is 5.02 Å². The van der Waals surface area contributed by atoms with Crippen molar-refractivity contribution in [3.63, 3.8) is 0 Å². The lowest BCUT2D eigenvalue weighted by atomic mass is 10.1. The van der Waals surface area contributed by atoms with E-state index < -0.39 is 5.82 Å². The van der Waals surface area contributed by atoms with Gasteiger partial charge < -0.3 is 9.88 Å². The lowest BCUT2D eigenvalue weighted by Crippen LogP contribution is -2.22. The predicted molar refractivity (Wildman–Crippen MR) is 112 cm³/mol. The summed E-state index contributed by atoms with van der Waals surface area (Å²) in [6.45, 7) is 2.65. The second-order valence-corrected chi connectivity index (χ2v) is 7.80. The van der Waals surface area contributed by atoms with E-state index in [0.29, 0.717) is 22.4 Å².